The Hall–Kier alpha value is -3.03. The highest BCUT2D eigenvalue weighted by Crippen LogP contribution is 2.31. The quantitative estimate of drug-likeness (QED) is 0.181. The predicted molar refractivity (Wildman–Crippen MR) is 168 cm³/mol. The van der Waals surface area contributed by atoms with Crippen molar-refractivity contribution < 1.29 is 32.1 Å². The molecule has 3 aromatic rings. The first-order valence-electron chi connectivity index (χ1n) is 14.1. The number of piperidine rings is 1. The minimum absolute atomic E-state index is 0.163. The minimum Gasteiger partial charge on any atom is -0.497 e. The molecule has 0 amide bonds. The molecule has 4 atom stereocenters. The van der Waals surface area contributed by atoms with Gasteiger partial charge in [-0.05, 0) is 52.1 Å². The van der Waals surface area contributed by atoms with E-state index in [9.17, 15) is 22.7 Å². The zero-order valence-electron chi connectivity index (χ0n) is 25.0. The minimum atomic E-state index is -4.39. The van der Waals surface area contributed by atoms with Crippen LogP contribution in [0.5, 0.6) is 5.75 Å². The SMILES string of the molecule is CCC#Cc1cc2c(NC3CCN(CC(O)COC)CC3F)cccc2n1CC(F)(F)F.COc1cccc(N(C)P)c1. The number of aliphatic hydroxyl groups is 1. The summed E-state index contributed by atoms with van der Waals surface area (Å²) in [4.78, 5) is 1.85. The van der Waals surface area contributed by atoms with E-state index in [1.54, 1.807) is 31.4 Å². The molecule has 2 heterocycles. The van der Waals surface area contributed by atoms with Crippen LogP contribution in [0.3, 0.4) is 0 Å². The fourth-order valence-corrected chi connectivity index (χ4v) is 5.07. The summed E-state index contributed by atoms with van der Waals surface area (Å²) in [5.74, 6) is 6.54. The van der Waals surface area contributed by atoms with E-state index in [0.717, 1.165) is 16.0 Å². The van der Waals surface area contributed by atoms with Gasteiger partial charge in [-0.1, -0.05) is 25.0 Å². The van der Waals surface area contributed by atoms with Crippen molar-refractivity contribution in [3.63, 3.8) is 0 Å². The van der Waals surface area contributed by atoms with Crippen molar-refractivity contribution in [1.29, 1.82) is 0 Å². The lowest BCUT2D eigenvalue weighted by atomic mass is 10.0. The Bertz CT molecular complexity index is 1370. The van der Waals surface area contributed by atoms with Crippen molar-refractivity contribution in [3.8, 4) is 17.6 Å². The van der Waals surface area contributed by atoms with E-state index >= 15 is 0 Å². The number of rotatable bonds is 9. The van der Waals surface area contributed by atoms with Gasteiger partial charge in [-0.15, -0.1) is 0 Å². The third-order valence-corrected chi connectivity index (χ3v) is 7.23. The van der Waals surface area contributed by atoms with E-state index in [-0.39, 0.29) is 18.8 Å². The number of hydrogen-bond donors (Lipinski definition) is 2. The Kier molecular flexibility index (Phi) is 12.9. The van der Waals surface area contributed by atoms with E-state index in [2.05, 4.69) is 26.5 Å². The van der Waals surface area contributed by atoms with Crippen molar-refractivity contribution in [3.05, 3.63) is 54.2 Å². The van der Waals surface area contributed by atoms with Gasteiger partial charge in [-0.25, -0.2) is 4.39 Å². The van der Waals surface area contributed by atoms with Crippen molar-refractivity contribution in [2.24, 2.45) is 0 Å². The molecule has 7 nitrogen and oxygen atoms in total. The van der Waals surface area contributed by atoms with E-state index in [4.69, 9.17) is 9.47 Å². The average molecular weight is 625 g/mol. The van der Waals surface area contributed by atoms with E-state index < -0.39 is 31.0 Å². The molecule has 1 fully saturated rings. The molecule has 4 rings (SSSR count). The van der Waals surface area contributed by atoms with Crippen LogP contribution in [0.2, 0.25) is 0 Å². The standard InChI is InChI=1S/C23H29F4N3O2.C8H12NOP/c1-3-4-6-16-11-18-20(7-5-8-22(18)30(16)15-23(25,26)27)28-21-9-10-29(13-19(21)24)12-17(31)14-32-2;1-9(11)7-4-3-5-8(6-7)10-2/h5,7-8,11,17,19,21,28,31H,3,9-10,12-15H2,1-2H3;3-6H,11H2,1-2H3. The van der Waals surface area contributed by atoms with E-state index in [1.807, 2.05) is 47.8 Å². The van der Waals surface area contributed by atoms with Gasteiger partial charge in [0, 0.05) is 63.0 Å². The third-order valence-electron chi connectivity index (χ3n) is 6.93. The first-order valence-corrected chi connectivity index (χ1v) is 14.6. The summed E-state index contributed by atoms with van der Waals surface area (Å²) < 4.78 is 67.6. The average Bonchev–Trinajstić information content (AvgIpc) is 3.30. The van der Waals surface area contributed by atoms with Crippen LogP contribution in [0.4, 0.5) is 28.9 Å². The molecular weight excluding hydrogens is 583 g/mol. The second-order valence-corrected chi connectivity index (χ2v) is 11.1. The van der Waals surface area contributed by atoms with Crippen molar-refractivity contribution in [2.75, 3.05) is 57.5 Å². The summed E-state index contributed by atoms with van der Waals surface area (Å²) in [6, 6.07) is 14.1. The van der Waals surface area contributed by atoms with Crippen LogP contribution in [0.25, 0.3) is 10.9 Å². The third kappa shape index (κ3) is 10.3. The molecule has 1 aromatic heterocycles. The van der Waals surface area contributed by atoms with Crippen molar-refractivity contribution in [2.45, 2.75) is 50.8 Å². The second-order valence-electron chi connectivity index (χ2n) is 10.4. The molecule has 43 heavy (non-hydrogen) atoms. The molecule has 236 valence electrons. The number of β-amino-alcohol motifs (C(OH)–C–C–N with tert-alkyl or cyclic N) is 1. The summed E-state index contributed by atoms with van der Waals surface area (Å²) >= 11 is 0. The number of nitrogens with one attached hydrogen (secondary N) is 1. The van der Waals surface area contributed by atoms with Gasteiger partial charge in [-0.3, -0.25) is 4.90 Å². The first-order chi connectivity index (χ1) is 20.4. The lowest BCUT2D eigenvalue weighted by molar-refractivity contribution is -0.140. The molecule has 12 heteroatoms. The lowest BCUT2D eigenvalue weighted by Crippen LogP contribution is -2.50. The Labute approximate surface area is 253 Å². The highest BCUT2D eigenvalue weighted by Gasteiger charge is 2.32. The molecule has 0 aliphatic carbocycles. The maximum absolute atomic E-state index is 14.9. The number of aliphatic hydroxyl groups excluding tert-OH is 1. The van der Waals surface area contributed by atoms with Gasteiger partial charge in [0.05, 0.1) is 37.1 Å². The number of benzene rings is 2. The van der Waals surface area contributed by atoms with Crippen LogP contribution in [-0.4, -0.2) is 86.6 Å². The zero-order chi connectivity index (χ0) is 31.6. The molecule has 0 spiro atoms. The number of aromatic nitrogens is 1. The fourth-order valence-electron chi connectivity index (χ4n) is 4.91. The van der Waals surface area contributed by atoms with Gasteiger partial charge >= 0.3 is 6.18 Å². The molecule has 1 aliphatic heterocycles. The number of methoxy groups -OCH3 is 2. The molecule has 2 N–H and O–H groups in total. The van der Waals surface area contributed by atoms with Crippen LogP contribution < -0.4 is 14.7 Å². The number of likely N-dealkylation sites (tertiary alicyclic amines) is 1. The maximum atomic E-state index is 14.9. The van der Waals surface area contributed by atoms with Crippen molar-refractivity contribution >= 4 is 31.7 Å². The molecule has 1 aliphatic rings. The summed E-state index contributed by atoms with van der Waals surface area (Å²) in [5, 5.41) is 13.7. The van der Waals surface area contributed by atoms with Crippen LogP contribution in [0.1, 0.15) is 25.5 Å². The van der Waals surface area contributed by atoms with Gasteiger partial charge in [0.1, 0.15) is 18.5 Å². The van der Waals surface area contributed by atoms with Gasteiger partial charge in [0.2, 0.25) is 0 Å². The monoisotopic (exact) mass is 624 g/mol. The topological polar surface area (TPSA) is 62.1 Å². The normalized spacial score (nSPS) is 17.8. The van der Waals surface area contributed by atoms with E-state index in [0.29, 0.717) is 42.5 Å². The molecule has 4 unspecified atom stereocenters. The number of anilines is 2. The number of nitrogens with zero attached hydrogens (tertiary/aromatic N) is 3. The summed E-state index contributed by atoms with van der Waals surface area (Å²) in [5.41, 5.74) is 2.40. The molecule has 0 bridgehead atoms. The van der Waals surface area contributed by atoms with Crippen LogP contribution >= 0.6 is 9.39 Å². The molecule has 1 saturated heterocycles. The Morgan fingerprint density at radius 2 is 1.93 bits per heavy atom. The predicted octanol–water partition coefficient (Wildman–Crippen LogP) is 5.72. The zero-order valence-corrected chi connectivity index (χ0v) is 26.1. The molecular formula is C31H41F4N4O3P. The maximum Gasteiger partial charge on any atom is 0.406 e. The Morgan fingerprint density at radius 3 is 2.56 bits per heavy atom. The van der Waals surface area contributed by atoms with Crippen LogP contribution in [-0.2, 0) is 11.3 Å². The smallest absolute Gasteiger partial charge is 0.406 e. The number of fused-ring (bicyclic) bond motifs is 1. The molecule has 0 radical (unpaired) electrons. The summed E-state index contributed by atoms with van der Waals surface area (Å²) in [6.45, 7) is 1.97. The Balaban J connectivity index is 0.000000386. The van der Waals surface area contributed by atoms with Gasteiger partial charge in [0.15, 0.2) is 0 Å². The van der Waals surface area contributed by atoms with Gasteiger partial charge in [0.25, 0.3) is 0 Å². The van der Waals surface area contributed by atoms with E-state index in [1.165, 1.54) is 7.11 Å². The summed E-state index contributed by atoms with van der Waals surface area (Å²) in [7, 11) is 7.73. The number of hydrogen-bond acceptors (Lipinski definition) is 6. The highest BCUT2D eigenvalue weighted by molar-refractivity contribution is 7.19. The second kappa shape index (κ2) is 16.2. The fraction of sp³-hybridized carbons (Fsp3) is 0.484. The first kappa shape index (κ1) is 34.5. The van der Waals surface area contributed by atoms with Crippen LogP contribution in [0, 0.1) is 11.8 Å². The number of ether oxygens (including phenoxy) is 2. The number of alkyl halides is 4. The van der Waals surface area contributed by atoms with Crippen LogP contribution in [0.15, 0.2) is 48.5 Å². The molecule has 0 saturated carbocycles. The summed E-state index contributed by atoms with van der Waals surface area (Å²) in [6.07, 6.45) is -5.22. The molecule has 2 aromatic carbocycles. The lowest BCUT2D eigenvalue weighted by Gasteiger charge is -2.36. The van der Waals surface area contributed by atoms with Gasteiger partial charge < -0.3 is 29.1 Å². The van der Waals surface area contributed by atoms with Crippen molar-refractivity contribution in [1.82, 2.24) is 9.47 Å². The highest BCUT2D eigenvalue weighted by atomic mass is 31.0. The number of halogens is 4. The Morgan fingerprint density at radius 1 is 1.19 bits per heavy atom. The van der Waals surface area contributed by atoms with Gasteiger partial charge in [-0.2, -0.15) is 13.2 Å². The largest absolute Gasteiger partial charge is 0.497 e.